The molecule has 0 amide bonds. The van der Waals surface area contributed by atoms with Gasteiger partial charge in [-0.15, -0.1) is 0 Å². The van der Waals surface area contributed by atoms with Crippen LogP contribution in [0.1, 0.15) is 30.3 Å². The van der Waals surface area contributed by atoms with E-state index in [1.165, 1.54) is 5.52 Å². The number of hydrogen-bond acceptors (Lipinski definition) is 3. The number of pyridine rings is 1. The number of hydrogen-bond donors (Lipinski definition) is 0. The van der Waals surface area contributed by atoms with E-state index in [9.17, 15) is 4.79 Å². The highest BCUT2D eigenvalue weighted by atomic mass is 16.5. The maximum atomic E-state index is 12.5. The molecule has 26 heavy (non-hydrogen) atoms. The zero-order chi connectivity index (χ0) is 17.9. The highest BCUT2D eigenvalue weighted by Crippen LogP contribution is 2.29. The van der Waals surface area contributed by atoms with Gasteiger partial charge in [-0.3, -0.25) is 0 Å². The van der Waals surface area contributed by atoms with Crippen molar-refractivity contribution in [2.45, 2.75) is 26.3 Å². The predicted octanol–water partition coefficient (Wildman–Crippen LogP) is 5.21. The first-order valence-corrected chi connectivity index (χ1v) is 8.92. The van der Waals surface area contributed by atoms with E-state index in [0.29, 0.717) is 11.4 Å². The summed E-state index contributed by atoms with van der Waals surface area (Å²) in [6.07, 6.45) is 4.01. The van der Waals surface area contributed by atoms with Crippen LogP contribution in [0.15, 0.2) is 66.9 Å². The summed E-state index contributed by atoms with van der Waals surface area (Å²) in [5.41, 5.74) is 2.54. The third-order valence-electron chi connectivity index (χ3n) is 4.56. The van der Waals surface area contributed by atoms with Gasteiger partial charge >= 0.3 is 5.97 Å². The van der Waals surface area contributed by atoms with Crippen molar-refractivity contribution in [2.75, 3.05) is 0 Å². The first-order valence-electron chi connectivity index (χ1n) is 8.92. The fourth-order valence-corrected chi connectivity index (χ4v) is 3.26. The van der Waals surface area contributed by atoms with E-state index in [4.69, 9.17) is 4.74 Å². The Balaban J connectivity index is 1.77. The summed E-state index contributed by atoms with van der Waals surface area (Å²) in [6, 6.07) is 19.2. The molecule has 0 bridgehead atoms. The van der Waals surface area contributed by atoms with Gasteiger partial charge in [-0.25, -0.2) is 9.78 Å². The van der Waals surface area contributed by atoms with Crippen molar-refractivity contribution in [3.63, 3.8) is 0 Å². The molecule has 4 aromatic rings. The highest BCUT2D eigenvalue weighted by molar-refractivity contribution is 6.09. The SMILES string of the molecule is CCCCn1c2ccccc2c2cc(C(=O)Oc3ccccc3)ncc21. The molecule has 0 spiro atoms. The quantitative estimate of drug-likeness (QED) is 0.369. The topological polar surface area (TPSA) is 44.1 Å². The first kappa shape index (κ1) is 16.3. The normalized spacial score (nSPS) is 11.1. The van der Waals surface area contributed by atoms with E-state index in [-0.39, 0.29) is 0 Å². The number of unbranched alkanes of at least 4 members (excludes halogenated alkanes) is 1. The molecular formula is C22H20N2O2. The van der Waals surface area contributed by atoms with Gasteiger partial charge in [-0.2, -0.15) is 0 Å². The van der Waals surface area contributed by atoms with Crippen LogP contribution in [0.25, 0.3) is 21.8 Å². The van der Waals surface area contributed by atoms with Gasteiger partial charge in [0.25, 0.3) is 0 Å². The van der Waals surface area contributed by atoms with Gasteiger partial charge in [-0.1, -0.05) is 49.7 Å². The number of aromatic nitrogens is 2. The molecule has 0 N–H and O–H groups in total. The number of rotatable bonds is 5. The fourth-order valence-electron chi connectivity index (χ4n) is 3.26. The lowest BCUT2D eigenvalue weighted by molar-refractivity contribution is 0.0729. The minimum atomic E-state index is -0.441. The monoisotopic (exact) mass is 344 g/mol. The average Bonchev–Trinajstić information content (AvgIpc) is 3.00. The van der Waals surface area contributed by atoms with Crippen molar-refractivity contribution in [3.8, 4) is 5.75 Å². The van der Waals surface area contributed by atoms with E-state index >= 15 is 0 Å². The van der Waals surface area contributed by atoms with Crippen molar-refractivity contribution >= 4 is 27.8 Å². The highest BCUT2D eigenvalue weighted by Gasteiger charge is 2.15. The molecule has 0 saturated carbocycles. The van der Waals surface area contributed by atoms with Crippen molar-refractivity contribution in [2.24, 2.45) is 0 Å². The molecule has 0 aliphatic rings. The number of para-hydroxylation sites is 2. The van der Waals surface area contributed by atoms with Crippen LogP contribution in [0.5, 0.6) is 5.75 Å². The van der Waals surface area contributed by atoms with Gasteiger partial charge in [0.1, 0.15) is 11.4 Å². The van der Waals surface area contributed by atoms with Crippen LogP contribution in [0, 0.1) is 0 Å². The number of benzene rings is 2. The Hall–Kier alpha value is -3.14. The molecule has 0 fully saturated rings. The number of carbonyl (C=O) groups excluding carboxylic acids is 1. The lowest BCUT2D eigenvalue weighted by Gasteiger charge is -2.06. The molecule has 2 aromatic heterocycles. The lowest BCUT2D eigenvalue weighted by atomic mass is 10.1. The van der Waals surface area contributed by atoms with Gasteiger partial charge in [0.05, 0.1) is 11.7 Å². The second-order valence-corrected chi connectivity index (χ2v) is 6.31. The zero-order valence-electron chi connectivity index (χ0n) is 14.7. The number of carbonyl (C=O) groups is 1. The summed E-state index contributed by atoms with van der Waals surface area (Å²) in [5, 5.41) is 2.17. The van der Waals surface area contributed by atoms with Gasteiger partial charge in [0.15, 0.2) is 0 Å². The van der Waals surface area contributed by atoms with Crippen LogP contribution in [0.3, 0.4) is 0 Å². The largest absolute Gasteiger partial charge is 0.422 e. The maximum Gasteiger partial charge on any atom is 0.362 e. The molecule has 0 unspecified atom stereocenters. The minimum absolute atomic E-state index is 0.319. The number of aryl methyl sites for hydroxylation is 1. The Labute approximate surface area is 152 Å². The van der Waals surface area contributed by atoms with Crippen molar-refractivity contribution < 1.29 is 9.53 Å². The molecule has 4 rings (SSSR count). The molecule has 0 aliphatic heterocycles. The molecule has 4 heteroatoms. The summed E-state index contributed by atoms with van der Waals surface area (Å²) in [7, 11) is 0. The summed E-state index contributed by atoms with van der Waals surface area (Å²) in [6.45, 7) is 3.12. The Kier molecular flexibility index (Phi) is 4.40. The second kappa shape index (κ2) is 7.00. The second-order valence-electron chi connectivity index (χ2n) is 6.31. The number of ether oxygens (including phenoxy) is 1. The molecule has 0 atom stereocenters. The smallest absolute Gasteiger partial charge is 0.362 e. The number of esters is 1. The average molecular weight is 344 g/mol. The van der Waals surface area contributed by atoms with E-state index in [1.807, 2.05) is 36.4 Å². The van der Waals surface area contributed by atoms with Crippen LogP contribution < -0.4 is 4.74 Å². The molecule has 4 nitrogen and oxygen atoms in total. The molecule has 0 aliphatic carbocycles. The Morgan fingerprint density at radius 3 is 2.58 bits per heavy atom. The Morgan fingerprint density at radius 1 is 1.00 bits per heavy atom. The predicted molar refractivity (Wildman–Crippen MR) is 104 cm³/mol. The molecular weight excluding hydrogens is 324 g/mol. The van der Waals surface area contributed by atoms with Crippen molar-refractivity contribution in [1.29, 1.82) is 0 Å². The molecule has 0 saturated heterocycles. The van der Waals surface area contributed by atoms with E-state index in [0.717, 1.165) is 35.7 Å². The number of fused-ring (bicyclic) bond motifs is 3. The molecule has 130 valence electrons. The summed E-state index contributed by atoms with van der Waals surface area (Å²) >= 11 is 0. The van der Waals surface area contributed by atoms with E-state index in [2.05, 4.69) is 28.6 Å². The van der Waals surface area contributed by atoms with Crippen LogP contribution in [0.2, 0.25) is 0 Å². The zero-order valence-corrected chi connectivity index (χ0v) is 14.7. The summed E-state index contributed by atoms with van der Waals surface area (Å²) in [4.78, 5) is 16.9. The third kappa shape index (κ3) is 2.94. The van der Waals surface area contributed by atoms with Crippen molar-refractivity contribution in [1.82, 2.24) is 9.55 Å². The number of nitrogens with zero attached hydrogens (tertiary/aromatic N) is 2. The molecule has 2 aromatic carbocycles. The van der Waals surface area contributed by atoms with Gasteiger partial charge in [0, 0.05) is 22.8 Å². The van der Waals surface area contributed by atoms with Gasteiger partial charge < -0.3 is 9.30 Å². The van der Waals surface area contributed by atoms with Gasteiger partial charge in [-0.05, 0) is 30.7 Å². The minimum Gasteiger partial charge on any atom is -0.422 e. The van der Waals surface area contributed by atoms with E-state index in [1.54, 1.807) is 18.3 Å². The first-order chi connectivity index (χ1) is 12.8. The van der Waals surface area contributed by atoms with E-state index < -0.39 is 5.97 Å². The van der Waals surface area contributed by atoms with Crippen LogP contribution in [-0.4, -0.2) is 15.5 Å². The van der Waals surface area contributed by atoms with Crippen molar-refractivity contribution in [3.05, 3.63) is 72.6 Å². The summed E-state index contributed by atoms with van der Waals surface area (Å²) in [5.74, 6) is 0.0771. The Bertz CT molecular complexity index is 1070. The lowest BCUT2D eigenvalue weighted by Crippen LogP contribution is -2.10. The van der Waals surface area contributed by atoms with Gasteiger partial charge in [0.2, 0.25) is 0 Å². The fraction of sp³-hybridized carbons (Fsp3) is 0.182. The van der Waals surface area contributed by atoms with Crippen LogP contribution in [0.4, 0.5) is 0 Å². The summed E-state index contributed by atoms with van der Waals surface area (Å²) < 4.78 is 7.71. The third-order valence-corrected chi connectivity index (χ3v) is 4.56. The maximum absolute atomic E-state index is 12.5. The standard InChI is InChI=1S/C22H20N2O2/c1-2-3-13-24-20-12-8-7-11-17(20)18-14-19(23-15-21(18)24)22(25)26-16-9-5-4-6-10-16/h4-12,14-15H,2-3,13H2,1H3. The molecule has 0 radical (unpaired) electrons. The van der Waals surface area contributed by atoms with Crippen LogP contribution >= 0.6 is 0 Å². The van der Waals surface area contributed by atoms with Crippen LogP contribution in [-0.2, 0) is 6.54 Å². The Morgan fingerprint density at radius 2 is 1.77 bits per heavy atom. The molecule has 2 heterocycles.